The van der Waals surface area contributed by atoms with Gasteiger partial charge >= 0.3 is 0 Å². The van der Waals surface area contributed by atoms with Crippen LogP contribution in [0.1, 0.15) is 27.9 Å². The van der Waals surface area contributed by atoms with E-state index in [1.807, 2.05) is 12.1 Å². The molecule has 3 nitrogen and oxygen atoms in total. The van der Waals surface area contributed by atoms with Gasteiger partial charge in [-0.05, 0) is 85.3 Å². The van der Waals surface area contributed by atoms with Gasteiger partial charge in [0.1, 0.15) is 11.8 Å². The number of nitrogens with zero attached hydrogens (tertiary/aromatic N) is 3. The third-order valence-corrected chi connectivity index (χ3v) is 9.64. The Morgan fingerprint density at radius 1 is 0.511 bits per heavy atom. The van der Waals surface area contributed by atoms with E-state index in [-0.39, 0.29) is 0 Å². The highest BCUT2D eigenvalue weighted by molar-refractivity contribution is 6.15. The van der Waals surface area contributed by atoms with Crippen molar-refractivity contribution in [2.75, 3.05) is 0 Å². The molecule has 0 spiro atoms. The Bertz CT molecular complexity index is 2490. The van der Waals surface area contributed by atoms with E-state index < -0.39 is 5.41 Å². The van der Waals surface area contributed by atoms with E-state index in [0.717, 1.165) is 27.9 Å². The quantitative estimate of drug-likeness (QED) is 0.203. The second kappa shape index (κ2) is 10.6. The van der Waals surface area contributed by atoms with Crippen molar-refractivity contribution in [2.45, 2.75) is 5.41 Å². The average molecular weight is 598 g/mol. The van der Waals surface area contributed by atoms with Crippen molar-refractivity contribution >= 4 is 21.5 Å². The van der Waals surface area contributed by atoms with Crippen molar-refractivity contribution in [3.63, 3.8) is 0 Å². The van der Waals surface area contributed by atoms with Crippen molar-refractivity contribution < 1.29 is 0 Å². The van der Waals surface area contributed by atoms with Crippen molar-refractivity contribution in [2.24, 2.45) is 0 Å². The number of hydrogen-bond acceptors (Lipinski definition) is 3. The fourth-order valence-corrected chi connectivity index (χ4v) is 7.71. The molecule has 218 valence electrons. The zero-order chi connectivity index (χ0) is 31.4. The van der Waals surface area contributed by atoms with Gasteiger partial charge in [-0.3, -0.25) is 0 Å². The highest BCUT2D eigenvalue weighted by Gasteiger charge is 2.47. The minimum absolute atomic E-state index is 0.373. The van der Waals surface area contributed by atoms with Crippen LogP contribution in [0.2, 0.25) is 0 Å². The molecule has 0 saturated carbocycles. The van der Waals surface area contributed by atoms with E-state index in [2.05, 4.69) is 151 Å². The third kappa shape index (κ3) is 3.99. The molecule has 0 N–H and O–H groups in total. The van der Waals surface area contributed by atoms with Crippen LogP contribution in [0.4, 0.5) is 0 Å². The molecular formula is C44H27N3. The average Bonchev–Trinajstić information content (AvgIpc) is 3.47. The topological polar surface area (TPSA) is 49.6 Å². The van der Waals surface area contributed by atoms with Crippen LogP contribution in [0.5, 0.6) is 0 Å². The van der Waals surface area contributed by atoms with Gasteiger partial charge in [-0.1, -0.05) is 127 Å². The normalized spacial score (nSPS) is 12.8. The maximum atomic E-state index is 9.49. The Morgan fingerprint density at radius 3 is 1.89 bits per heavy atom. The summed E-state index contributed by atoms with van der Waals surface area (Å²) in [5, 5.41) is 14.3. The van der Waals surface area contributed by atoms with Crippen LogP contribution < -0.4 is 0 Å². The molecule has 0 aliphatic heterocycles. The number of aromatic nitrogens is 2. The lowest BCUT2D eigenvalue weighted by Gasteiger charge is -2.34. The van der Waals surface area contributed by atoms with Crippen molar-refractivity contribution in [1.29, 1.82) is 5.26 Å². The first-order valence-electron chi connectivity index (χ1n) is 15.8. The molecular weight excluding hydrogens is 571 g/mol. The molecule has 1 aliphatic rings. The maximum Gasteiger partial charge on any atom is 0.141 e. The standard InChI is InChI=1S/C44H27N3/c45-28-33-26-30(24-25-46-33)40-20-11-21-41(47-40)37-27-39-43(36-19-10-9-18-35(36)37)42-34-17-8-7-12-29(34)22-23-38(42)44(39,31-13-3-1-4-14-31)32-15-5-2-6-16-32/h1-27H. The molecule has 3 heteroatoms. The second-order valence-electron chi connectivity index (χ2n) is 12.0. The summed E-state index contributed by atoms with van der Waals surface area (Å²) in [6.07, 6.45) is 1.67. The lowest BCUT2D eigenvalue weighted by molar-refractivity contribution is 0.770. The summed E-state index contributed by atoms with van der Waals surface area (Å²) in [5.41, 5.74) is 11.0. The lowest BCUT2D eigenvalue weighted by atomic mass is 9.67. The monoisotopic (exact) mass is 597 g/mol. The van der Waals surface area contributed by atoms with Gasteiger partial charge in [0.15, 0.2) is 0 Å². The van der Waals surface area contributed by atoms with Crippen LogP contribution in [0.3, 0.4) is 0 Å². The van der Waals surface area contributed by atoms with E-state index in [1.54, 1.807) is 12.3 Å². The summed E-state index contributed by atoms with van der Waals surface area (Å²) in [6, 6.07) is 58.4. The minimum Gasteiger partial charge on any atom is -0.248 e. The first-order valence-corrected chi connectivity index (χ1v) is 15.8. The highest BCUT2D eigenvalue weighted by atomic mass is 14.7. The fourth-order valence-electron chi connectivity index (χ4n) is 7.71. The molecule has 0 saturated heterocycles. The van der Waals surface area contributed by atoms with Gasteiger partial charge in [0.25, 0.3) is 0 Å². The van der Waals surface area contributed by atoms with Crippen LogP contribution in [0.15, 0.2) is 164 Å². The minimum atomic E-state index is -0.555. The number of rotatable bonds is 4. The Morgan fingerprint density at radius 2 is 1.15 bits per heavy atom. The largest absolute Gasteiger partial charge is 0.248 e. The predicted molar refractivity (Wildman–Crippen MR) is 190 cm³/mol. The molecule has 2 aromatic heterocycles. The van der Waals surface area contributed by atoms with Crippen molar-refractivity contribution in [3.8, 4) is 39.7 Å². The SMILES string of the molecule is N#Cc1cc(-c2cccc(-c3cc4c(c5ccccc35)-c3c(ccc5ccccc35)C4(c3ccccc3)c3ccccc3)n2)ccn1. The zero-order valence-electron chi connectivity index (χ0n) is 25.4. The van der Waals surface area contributed by atoms with E-state index in [9.17, 15) is 5.26 Å². The van der Waals surface area contributed by atoms with Gasteiger partial charge < -0.3 is 0 Å². The van der Waals surface area contributed by atoms with Crippen LogP contribution in [0.25, 0.3) is 55.2 Å². The molecule has 0 amide bonds. The molecule has 0 fully saturated rings. The highest BCUT2D eigenvalue weighted by Crippen LogP contribution is 2.60. The second-order valence-corrected chi connectivity index (χ2v) is 12.0. The van der Waals surface area contributed by atoms with Gasteiger partial charge in [0.2, 0.25) is 0 Å². The van der Waals surface area contributed by atoms with Gasteiger partial charge in [0, 0.05) is 17.3 Å². The molecule has 0 bridgehead atoms. The molecule has 0 unspecified atom stereocenters. The van der Waals surface area contributed by atoms with Crippen molar-refractivity contribution in [3.05, 3.63) is 192 Å². The summed E-state index contributed by atoms with van der Waals surface area (Å²) in [4.78, 5) is 9.39. The Labute approximate surface area is 273 Å². The van der Waals surface area contributed by atoms with Gasteiger partial charge in [-0.15, -0.1) is 0 Å². The Hall–Kier alpha value is -6.37. The molecule has 47 heavy (non-hydrogen) atoms. The molecule has 0 atom stereocenters. The summed E-state index contributed by atoms with van der Waals surface area (Å²) in [7, 11) is 0. The maximum absolute atomic E-state index is 9.49. The summed E-state index contributed by atoms with van der Waals surface area (Å²) < 4.78 is 0. The molecule has 6 aromatic carbocycles. The van der Waals surface area contributed by atoms with E-state index in [4.69, 9.17) is 4.98 Å². The van der Waals surface area contributed by atoms with Gasteiger partial charge in [-0.25, -0.2) is 9.97 Å². The van der Waals surface area contributed by atoms with Crippen molar-refractivity contribution in [1.82, 2.24) is 9.97 Å². The first kappa shape index (κ1) is 27.0. The first-order chi connectivity index (χ1) is 23.3. The van der Waals surface area contributed by atoms with Crippen LogP contribution in [-0.2, 0) is 5.41 Å². The number of fused-ring (bicyclic) bond motifs is 7. The fraction of sp³-hybridized carbons (Fsp3) is 0.0227. The van der Waals surface area contributed by atoms with Gasteiger partial charge in [0.05, 0.1) is 16.8 Å². The van der Waals surface area contributed by atoms with Crippen LogP contribution in [-0.4, -0.2) is 9.97 Å². The molecule has 8 aromatic rings. The molecule has 2 heterocycles. The number of hydrogen-bond donors (Lipinski definition) is 0. The lowest BCUT2D eigenvalue weighted by Crippen LogP contribution is -2.28. The predicted octanol–water partition coefficient (Wildman–Crippen LogP) is 10.4. The smallest absolute Gasteiger partial charge is 0.141 e. The molecule has 0 radical (unpaired) electrons. The zero-order valence-corrected chi connectivity index (χ0v) is 25.4. The summed E-state index contributed by atoms with van der Waals surface area (Å²) in [5.74, 6) is 0. The Kier molecular flexibility index (Phi) is 6.10. The summed E-state index contributed by atoms with van der Waals surface area (Å²) >= 11 is 0. The molecule has 1 aliphatic carbocycles. The number of nitriles is 1. The number of benzene rings is 6. The number of pyridine rings is 2. The van der Waals surface area contributed by atoms with E-state index >= 15 is 0 Å². The van der Waals surface area contributed by atoms with E-state index in [0.29, 0.717) is 5.69 Å². The van der Waals surface area contributed by atoms with Gasteiger partial charge in [-0.2, -0.15) is 5.26 Å². The van der Waals surface area contributed by atoms with Crippen LogP contribution in [0, 0.1) is 11.3 Å². The van der Waals surface area contributed by atoms with Crippen LogP contribution >= 0.6 is 0 Å². The third-order valence-electron chi connectivity index (χ3n) is 9.64. The molecule has 9 rings (SSSR count). The summed E-state index contributed by atoms with van der Waals surface area (Å²) in [6.45, 7) is 0. The van der Waals surface area contributed by atoms with E-state index in [1.165, 1.54) is 49.5 Å². The Balaban J connectivity index is 1.43.